The van der Waals surface area contributed by atoms with Gasteiger partial charge in [0.2, 0.25) is 0 Å². The molecule has 1 saturated carbocycles. The molecule has 2 atom stereocenters. The van der Waals surface area contributed by atoms with E-state index in [9.17, 15) is 0 Å². The number of halogens is 1. The summed E-state index contributed by atoms with van der Waals surface area (Å²) in [5.74, 6) is 0.911. The summed E-state index contributed by atoms with van der Waals surface area (Å²) in [5, 5.41) is 4.40. The average molecular weight is 307 g/mol. The van der Waals surface area contributed by atoms with Crippen molar-refractivity contribution in [3.8, 4) is 0 Å². The normalized spacial score (nSPS) is 25.1. The minimum absolute atomic E-state index is 0.752. The second-order valence-corrected chi connectivity index (χ2v) is 6.98. The van der Waals surface area contributed by atoms with E-state index in [-0.39, 0.29) is 0 Å². The molecule has 0 aromatic heterocycles. The van der Waals surface area contributed by atoms with Gasteiger partial charge < -0.3 is 10.2 Å². The van der Waals surface area contributed by atoms with Crippen LogP contribution in [0.3, 0.4) is 0 Å². The van der Waals surface area contributed by atoms with Crippen molar-refractivity contribution in [1.82, 2.24) is 5.32 Å². The number of anilines is 1. The summed E-state index contributed by atoms with van der Waals surface area (Å²) in [7, 11) is 0. The first-order valence-electron chi connectivity index (χ1n) is 8.55. The number of benzene rings is 1. The van der Waals surface area contributed by atoms with Crippen molar-refractivity contribution in [3.63, 3.8) is 0 Å². The largest absolute Gasteiger partial charge is 0.368 e. The summed E-state index contributed by atoms with van der Waals surface area (Å²) in [4.78, 5) is 2.65. The zero-order chi connectivity index (χ0) is 14.7. The quantitative estimate of drug-likeness (QED) is 0.799. The van der Waals surface area contributed by atoms with Crippen molar-refractivity contribution in [3.05, 3.63) is 28.8 Å². The zero-order valence-electron chi connectivity index (χ0n) is 13.1. The number of hydrogen-bond donors (Lipinski definition) is 1. The lowest BCUT2D eigenvalue weighted by Gasteiger charge is -2.34. The fourth-order valence-corrected chi connectivity index (χ4v) is 4.22. The third kappa shape index (κ3) is 3.37. The Morgan fingerprint density at radius 3 is 2.95 bits per heavy atom. The molecule has 1 aliphatic heterocycles. The predicted molar refractivity (Wildman–Crippen MR) is 91.2 cm³/mol. The van der Waals surface area contributed by atoms with E-state index in [2.05, 4.69) is 29.3 Å². The number of nitrogens with zero attached hydrogens (tertiary/aromatic N) is 1. The summed E-state index contributed by atoms with van der Waals surface area (Å²) in [6.07, 6.45) is 8.14. The second-order valence-electron chi connectivity index (χ2n) is 6.54. The van der Waals surface area contributed by atoms with Crippen LogP contribution in [0.4, 0.5) is 5.69 Å². The van der Waals surface area contributed by atoms with Crippen LogP contribution in [0.15, 0.2) is 18.2 Å². The third-order valence-corrected chi connectivity index (χ3v) is 5.34. The van der Waals surface area contributed by atoms with Crippen molar-refractivity contribution in [2.45, 2.75) is 58.0 Å². The molecule has 0 radical (unpaired) electrons. The minimum atomic E-state index is 0.752. The first kappa shape index (κ1) is 15.2. The molecular weight excluding hydrogens is 280 g/mol. The maximum Gasteiger partial charge on any atom is 0.0429 e. The van der Waals surface area contributed by atoms with Gasteiger partial charge in [0.1, 0.15) is 0 Å². The highest BCUT2D eigenvalue weighted by Crippen LogP contribution is 2.40. The molecule has 1 saturated heterocycles. The van der Waals surface area contributed by atoms with Gasteiger partial charge >= 0.3 is 0 Å². The predicted octanol–water partition coefficient (Wildman–Crippen LogP) is 4.61. The highest BCUT2D eigenvalue weighted by atomic mass is 35.5. The highest BCUT2D eigenvalue weighted by Gasteiger charge is 2.36. The molecule has 3 rings (SSSR count). The molecule has 21 heavy (non-hydrogen) atoms. The lowest BCUT2D eigenvalue weighted by atomic mass is 9.85. The van der Waals surface area contributed by atoms with Gasteiger partial charge in [0.15, 0.2) is 0 Å². The standard InChI is InChI=1S/C18H27ClN2/c1-2-10-20-13-15-7-8-16(19)12-18(15)21-11-9-14-5-3-4-6-17(14)21/h7-8,12,14,17,20H,2-6,9-11,13H2,1H3. The van der Waals surface area contributed by atoms with Gasteiger partial charge in [-0.05, 0) is 55.8 Å². The van der Waals surface area contributed by atoms with Crippen LogP contribution in [-0.2, 0) is 6.54 Å². The van der Waals surface area contributed by atoms with Crippen molar-refractivity contribution in [2.75, 3.05) is 18.0 Å². The minimum Gasteiger partial charge on any atom is -0.368 e. The zero-order valence-corrected chi connectivity index (χ0v) is 13.8. The Labute approximate surface area is 133 Å². The van der Waals surface area contributed by atoms with Gasteiger partial charge in [-0.3, -0.25) is 0 Å². The number of fused-ring (bicyclic) bond motifs is 1. The van der Waals surface area contributed by atoms with Crippen LogP contribution in [-0.4, -0.2) is 19.1 Å². The Morgan fingerprint density at radius 2 is 2.10 bits per heavy atom. The van der Waals surface area contributed by atoms with Gasteiger partial charge in [-0.15, -0.1) is 0 Å². The molecule has 0 amide bonds. The third-order valence-electron chi connectivity index (χ3n) is 5.11. The molecular formula is C18H27ClN2. The monoisotopic (exact) mass is 306 g/mol. The van der Waals surface area contributed by atoms with Crippen molar-refractivity contribution in [1.29, 1.82) is 0 Å². The van der Waals surface area contributed by atoms with Crippen molar-refractivity contribution < 1.29 is 0 Å². The first-order chi connectivity index (χ1) is 10.3. The van der Waals surface area contributed by atoms with E-state index in [1.54, 1.807) is 0 Å². The Balaban J connectivity index is 1.81. The van der Waals surface area contributed by atoms with Gasteiger partial charge in [-0.25, -0.2) is 0 Å². The fourth-order valence-electron chi connectivity index (χ4n) is 4.06. The van der Waals surface area contributed by atoms with E-state index in [1.165, 1.54) is 56.3 Å². The smallest absolute Gasteiger partial charge is 0.0429 e. The van der Waals surface area contributed by atoms with Crippen molar-refractivity contribution in [2.24, 2.45) is 5.92 Å². The Bertz CT molecular complexity index is 474. The number of rotatable bonds is 5. The maximum atomic E-state index is 6.28. The second kappa shape index (κ2) is 7.02. The summed E-state index contributed by atoms with van der Waals surface area (Å²) in [6.45, 7) is 5.45. The van der Waals surface area contributed by atoms with Crippen LogP contribution in [0.1, 0.15) is 51.0 Å². The summed E-state index contributed by atoms with van der Waals surface area (Å²) in [6, 6.07) is 7.17. The molecule has 0 bridgehead atoms. The summed E-state index contributed by atoms with van der Waals surface area (Å²) < 4.78 is 0. The number of hydrogen-bond acceptors (Lipinski definition) is 2. The Morgan fingerprint density at radius 1 is 1.24 bits per heavy atom. The van der Waals surface area contributed by atoms with Crippen LogP contribution in [0.25, 0.3) is 0 Å². The lowest BCUT2D eigenvalue weighted by molar-refractivity contribution is 0.342. The van der Waals surface area contributed by atoms with Gasteiger partial charge in [0.05, 0.1) is 0 Å². The van der Waals surface area contributed by atoms with Crippen molar-refractivity contribution >= 4 is 17.3 Å². The fraction of sp³-hybridized carbons (Fsp3) is 0.667. The molecule has 1 N–H and O–H groups in total. The van der Waals surface area contributed by atoms with Crippen LogP contribution >= 0.6 is 11.6 Å². The molecule has 2 unspecified atom stereocenters. The van der Waals surface area contributed by atoms with E-state index in [0.29, 0.717) is 0 Å². The first-order valence-corrected chi connectivity index (χ1v) is 8.93. The molecule has 0 spiro atoms. The van der Waals surface area contributed by atoms with E-state index in [4.69, 9.17) is 11.6 Å². The molecule has 3 heteroatoms. The van der Waals surface area contributed by atoms with Gasteiger partial charge in [-0.1, -0.05) is 37.4 Å². The van der Waals surface area contributed by atoms with Crippen LogP contribution < -0.4 is 10.2 Å². The van der Waals surface area contributed by atoms with Gasteiger partial charge in [-0.2, -0.15) is 0 Å². The molecule has 1 aromatic carbocycles. The molecule has 116 valence electrons. The molecule has 2 nitrogen and oxygen atoms in total. The van der Waals surface area contributed by atoms with Gasteiger partial charge in [0.25, 0.3) is 0 Å². The summed E-state index contributed by atoms with van der Waals surface area (Å²) in [5.41, 5.74) is 2.78. The topological polar surface area (TPSA) is 15.3 Å². The van der Waals surface area contributed by atoms with Crippen LogP contribution in [0.2, 0.25) is 5.02 Å². The average Bonchev–Trinajstić information content (AvgIpc) is 2.93. The van der Waals surface area contributed by atoms with Crippen LogP contribution in [0, 0.1) is 5.92 Å². The lowest BCUT2D eigenvalue weighted by Crippen LogP contribution is -2.35. The van der Waals surface area contributed by atoms with E-state index in [0.717, 1.165) is 30.1 Å². The van der Waals surface area contributed by atoms with E-state index in [1.807, 2.05) is 6.07 Å². The number of nitrogens with one attached hydrogen (secondary N) is 1. The highest BCUT2D eigenvalue weighted by molar-refractivity contribution is 6.30. The maximum absolute atomic E-state index is 6.28. The van der Waals surface area contributed by atoms with Gasteiger partial charge in [0, 0.05) is 29.8 Å². The SMILES string of the molecule is CCCNCc1ccc(Cl)cc1N1CCC2CCCCC21. The van der Waals surface area contributed by atoms with E-state index < -0.39 is 0 Å². The molecule has 2 fully saturated rings. The van der Waals surface area contributed by atoms with Crippen LogP contribution in [0.5, 0.6) is 0 Å². The molecule has 2 aliphatic rings. The Kier molecular flexibility index (Phi) is 5.07. The molecule has 1 aromatic rings. The Hall–Kier alpha value is -0.730. The van der Waals surface area contributed by atoms with E-state index >= 15 is 0 Å². The molecule has 1 heterocycles. The molecule has 1 aliphatic carbocycles. The summed E-state index contributed by atoms with van der Waals surface area (Å²) >= 11 is 6.28.